The van der Waals surface area contributed by atoms with Gasteiger partial charge in [-0.1, -0.05) is 35.1 Å². The fourth-order valence-corrected chi connectivity index (χ4v) is 4.31. The summed E-state index contributed by atoms with van der Waals surface area (Å²) in [4.78, 5) is 21.6. The first-order valence-corrected chi connectivity index (χ1v) is 9.52. The molecule has 4 rings (SSSR count). The van der Waals surface area contributed by atoms with Gasteiger partial charge >= 0.3 is 0 Å². The molecule has 0 aliphatic carbocycles. The summed E-state index contributed by atoms with van der Waals surface area (Å²) in [6.07, 6.45) is 0. The number of anilines is 1. The molecule has 0 bridgehead atoms. The molecule has 2 heterocycles. The maximum Gasteiger partial charge on any atom is 0.253 e. The Labute approximate surface area is 156 Å². The minimum absolute atomic E-state index is 0.110. The number of piperazine rings is 1. The minimum atomic E-state index is 0.110. The molecule has 0 atom stereocenters. The molecule has 0 spiro atoms. The first-order chi connectivity index (χ1) is 12.7. The Bertz CT molecular complexity index is 945. The Morgan fingerprint density at radius 2 is 1.88 bits per heavy atom. The van der Waals surface area contributed by atoms with E-state index in [0.29, 0.717) is 13.1 Å². The quantitative estimate of drug-likeness (QED) is 0.710. The van der Waals surface area contributed by atoms with E-state index in [9.17, 15) is 4.79 Å². The molecule has 1 aliphatic rings. The molecule has 26 heavy (non-hydrogen) atoms. The van der Waals surface area contributed by atoms with Crippen LogP contribution in [0.15, 0.2) is 42.5 Å². The van der Waals surface area contributed by atoms with Crippen molar-refractivity contribution in [3.63, 3.8) is 0 Å². The van der Waals surface area contributed by atoms with Crippen LogP contribution in [0.2, 0.25) is 0 Å². The molecule has 3 aromatic rings. The van der Waals surface area contributed by atoms with Gasteiger partial charge in [-0.05, 0) is 31.2 Å². The van der Waals surface area contributed by atoms with E-state index < -0.39 is 0 Å². The van der Waals surface area contributed by atoms with Crippen molar-refractivity contribution in [2.45, 2.75) is 6.92 Å². The Hall–Kier alpha value is -2.60. The summed E-state index contributed by atoms with van der Waals surface area (Å²) in [5.74, 6) is 0.914. The number of rotatable bonds is 3. The zero-order chi connectivity index (χ0) is 18.1. The molecule has 1 saturated heterocycles. The first kappa shape index (κ1) is 16.8. The number of carbonyl (C=O) groups excluding carboxylic acids is 1. The van der Waals surface area contributed by atoms with Crippen LogP contribution in [0.3, 0.4) is 0 Å². The number of aryl methyl sites for hydroxylation is 1. The third-order valence-electron chi connectivity index (χ3n) is 4.69. The highest BCUT2D eigenvalue weighted by Gasteiger charge is 2.24. The molecule has 1 aliphatic heterocycles. The smallest absolute Gasteiger partial charge is 0.253 e. The Morgan fingerprint density at radius 3 is 2.62 bits per heavy atom. The summed E-state index contributed by atoms with van der Waals surface area (Å²) in [6, 6.07) is 13.8. The van der Waals surface area contributed by atoms with E-state index in [4.69, 9.17) is 9.72 Å². The number of para-hydroxylation sites is 1. The third-order valence-corrected chi connectivity index (χ3v) is 5.77. The number of amides is 1. The fourth-order valence-electron chi connectivity index (χ4n) is 3.27. The lowest BCUT2D eigenvalue weighted by Crippen LogP contribution is -2.48. The summed E-state index contributed by atoms with van der Waals surface area (Å²) in [5, 5.41) is 0.993. The maximum absolute atomic E-state index is 12.7. The molecule has 1 aromatic heterocycles. The van der Waals surface area contributed by atoms with Crippen LogP contribution in [-0.2, 0) is 0 Å². The van der Waals surface area contributed by atoms with E-state index in [1.54, 1.807) is 18.4 Å². The van der Waals surface area contributed by atoms with Gasteiger partial charge in [0.2, 0.25) is 0 Å². The number of hydrogen-bond donors (Lipinski definition) is 0. The highest BCUT2D eigenvalue weighted by atomic mass is 32.1. The number of fused-ring (bicyclic) bond motifs is 1. The molecule has 1 fully saturated rings. The van der Waals surface area contributed by atoms with Crippen molar-refractivity contribution < 1.29 is 9.53 Å². The highest BCUT2D eigenvalue weighted by Crippen LogP contribution is 2.34. The van der Waals surface area contributed by atoms with Crippen LogP contribution in [0.1, 0.15) is 15.9 Å². The molecular weight excluding hydrogens is 346 g/mol. The van der Waals surface area contributed by atoms with Crippen LogP contribution >= 0.6 is 11.3 Å². The molecule has 0 unspecified atom stereocenters. The van der Waals surface area contributed by atoms with E-state index in [0.717, 1.165) is 45.3 Å². The highest BCUT2D eigenvalue weighted by molar-refractivity contribution is 7.22. The van der Waals surface area contributed by atoms with E-state index in [1.165, 1.54) is 0 Å². The van der Waals surface area contributed by atoms with Gasteiger partial charge in [0.1, 0.15) is 11.3 Å². The van der Waals surface area contributed by atoms with Crippen molar-refractivity contribution in [3.05, 3.63) is 53.6 Å². The largest absolute Gasteiger partial charge is 0.494 e. The Morgan fingerprint density at radius 1 is 1.12 bits per heavy atom. The van der Waals surface area contributed by atoms with Gasteiger partial charge in [-0.15, -0.1) is 0 Å². The second kappa shape index (κ2) is 6.96. The minimum Gasteiger partial charge on any atom is -0.494 e. The van der Waals surface area contributed by atoms with Gasteiger partial charge < -0.3 is 14.5 Å². The second-order valence-corrected chi connectivity index (χ2v) is 7.46. The summed E-state index contributed by atoms with van der Waals surface area (Å²) in [5.41, 5.74) is 2.79. The van der Waals surface area contributed by atoms with Crippen LogP contribution < -0.4 is 9.64 Å². The van der Waals surface area contributed by atoms with Gasteiger partial charge in [-0.25, -0.2) is 4.98 Å². The number of ether oxygens (including phenoxy) is 1. The van der Waals surface area contributed by atoms with Crippen molar-refractivity contribution >= 4 is 32.6 Å². The predicted octanol–water partition coefficient (Wildman–Crippen LogP) is 3.58. The number of benzene rings is 2. The van der Waals surface area contributed by atoms with Crippen molar-refractivity contribution in [2.75, 3.05) is 38.2 Å². The van der Waals surface area contributed by atoms with Crippen molar-refractivity contribution in [1.29, 1.82) is 0 Å². The maximum atomic E-state index is 12.7. The average molecular weight is 367 g/mol. The molecule has 2 aromatic carbocycles. The number of hydrogen-bond acceptors (Lipinski definition) is 5. The van der Waals surface area contributed by atoms with Crippen molar-refractivity contribution in [3.8, 4) is 5.75 Å². The summed E-state index contributed by atoms with van der Waals surface area (Å²) < 4.78 is 6.53. The lowest BCUT2D eigenvalue weighted by Gasteiger charge is -2.34. The second-order valence-electron chi connectivity index (χ2n) is 6.45. The topological polar surface area (TPSA) is 45.7 Å². The molecular formula is C20H21N3O2S. The summed E-state index contributed by atoms with van der Waals surface area (Å²) in [7, 11) is 1.67. The van der Waals surface area contributed by atoms with Gasteiger partial charge in [0.05, 0.1) is 11.8 Å². The predicted molar refractivity (Wildman–Crippen MR) is 105 cm³/mol. The van der Waals surface area contributed by atoms with Crippen LogP contribution in [-0.4, -0.2) is 49.1 Å². The number of methoxy groups -OCH3 is 1. The summed E-state index contributed by atoms with van der Waals surface area (Å²) in [6.45, 7) is 5.01. The standard InChI is InChI=1S/C20H21N3O2S/c1-14-5-3-6-15(13-14)19(24)22-9-11-23(12-10-22)20-21-18-16(25-2)7-4-8-17(18)26-20/h3-8,13H,9-12H2,1-2H3. The monoisotopic (exact) mass is 367 g/mol. The molecule has 0 radical (unpaired) electrons. The van der Waals surface area contributed by atoms with E-state index in [-0.39, 0.29) is 5.91 Å². The van der Waals surface area contributed by atoms with Crippen LogP contribution in [0.25, 0.3) is 10.2 Å². The van der Waals surface area contributed by atoms with Crippen molar-refractivity contribution in [1.82, 2.24) is 9.88 Å². The number of thiazole rings is 1. The number of nitrogens with zero attached hydrogens (tertiary/aromatic N) is 3. The van der Waals surface area contributed by atoms with E-state index in [2.05, 4.69) is 11.0 Å². The number of carbonyl (C=O) groups is 1. The van der Waals surface area contributed by atoms with Gasteiger partial charge in [0.15, 0.2) is 5.13 Å². The fraction of sp³-hybridized carbons (Fsp3) is 0.300. The van der Waals surface area contributed by atoms with E-state index in [1.807, 2.05) is 48.2 Å². The van der Waals surface area contributed by atoms with Gasteiger partial charge in [-0.2, -0.15) is 0 Å². The molecule has 6 heteroatoms. The summed E-state index contributed by atoms with van der Waals surface area (Å²) >= 11 is 1.67. The lowest BCUT2D eigenvalue weighted by molar-refractivity contribution is 0.0746. The molecule has 1 amide bonds. The van der Waals surface area contributed by atoms with Crippen LogP contribution in [0.4, 0.5) is 5.13 Å². The Kier molecular flexibility index (Phi) is 4.51. The first-order valence-electron chi connectivity index (χ1n) is 8.70. The Balaban J connectivity index is 1.47. The SMILES string of the molecule is COc1cccc2sc(N3CCN(C(=O)c4cccc(C)c4)CC3)nc12. The normalized spacial score (nSPS) is 14.7. The van der Waals surface area contributed by atoms with Gasteiger partial charge in [0, 0.05) is 31.7 Å². The molecule has 0 N–H and O–H groups in total. The molecule has 5 nitrogen and oxygen atoms in total. The van der Waals surface area contributed by atoms with Crippen LogP contribution in [0, 0.1) is 6.92 Å². The van der Waals surface area contributed by atoms with Crippen molar-refractivity contribution in [2.24, 2.45) is 0 Å². The lowest BCUT2D eigenvalue weighted by atomic mass is 10.1. The zero-order valence-corrected chi connectivity index (χ0v) is 15.8. The van der Waals surface area contributed by atoms with Crippen LogP contribution in [0.5, 0.6) is 5.75 Å². The molecule has 134 valence electrons. The third kappa shape index (κ3) is 3.12. The van der Waals surface area contributed by atoms with E-state index >= 15 is 0 Å². The molecule has 0 saturated carbocycles. The zero-order valence-electron chi connectivity index (χ0n) is 14.9. The van der Waals surface area contributed by atoms with Gasteiger partial charge in [-0.3, -0.25) is 4.79 Å². The average Bonchev–Trinajstić information content (AvgIpc) is 3.12. The number of aromatic nitrogens is 1. The van der Waals surface area contributed by atoms with Gasteiger partial charge in [0.25, 0.3) is 5.91 Å².